The van der Waals surface area contributed by atoms with Crippen LogP contribution in [0.1, 0.15) is 25.0 Å². The molecule has 0 aromatic heterocycles. The second kappa shape index (κ2) is 9.84. The lowest BCUT2D eigenvalue weighted by Crippen LogP contribution is -2.22. The van der Waals surface area contributed by atoms with E-state index in [0.29, 0.717) is 5.56 Å². The van der Waals surface area contributed by atoms with Crippen LogP contribution >= 0.6 is 24.0 Å². The molecule has 0 saturated carbocycles. The molecule has 0 spiro atoms. The van der Waals surface area contributed by atoms with Gasteiger partial charge in [-0.25, -0.2) is 9.38 Å². The Morgan fingerprint density at radius 1 is 1.28 bits per heavy atom. The summed E-state index contributed by atoms with van der Waals surface area (Å²) in [4.78, 5) is 4.11. The number of nitrogens with two attached hydrogens (primary N) is 1. The maximum atomic E-state index is 13.8. The molecule has 7 heteroatoms. The van der Waals surface area contributed by atoms with E-state index < -0.39 is 5.82 Å². The van der Waals surface area contributed by atoms with E-state index in [1.54, 1.807) is 6.07 Å². The molecule has 0 unspecified atom stereocenters. The second-order valence-electron chi connectivity index (χ2n) is 5.44. The third-order valence-corrected chi connectivity index (χ3v) is 3.10. The minimum atomic E-state index is -0.471. The molecule has 0 aliphatic carbocycles. The van der Waals surface area contributed by atoms with Crippen LogP contribution in [0.2, 0.25) is 0 Å². The van der Waals surface area contributed by atoms with Gasteiger partial charge in [-0.05, 0) is 50.2 Å². The fourth-order valence-electron chi connectivity index (χ4n) is 1.99. The molecule has 0 amide bonds. The van der Waals surface area contributed by atoms with E-state index in [0.717, 1.165) is 11.4 Å². The van der Waals surface area contributed by atoms with Gasteiger partial charge >= 0.3 is 0 Å². The topological polar surface area (TPSA) is 83.4 Å². The molecule has 0 fully saturated rings. The van der Waals surface area contributed by atoms with E-state index in [9.17, 15) is 4.39 Å². The predicted molar refractivity (Wildman–Crippen MR) is 108 cm³/mol. The summed E-state index contributed by atoms with van der Waals surface area (Å²) < 4.78 is 19.3. The summed E-state index contributed by atoms with van der Waals surface area (Å²) in [5, 5.41) is 11.7. The molecular formula is C18H20FIN4O. The van der Waals surface area contributed by atoms with Crippen molar-refractivity contribution in [1.82, 2.24) is 0 Å². The van der Waals surface area contributed by atoms with Crippen molar-refractivity contribution in [3.63, 3.8) is 0 Å². The number of anilines is 1. The van der Waals surface area contributed by atoms with Crippen LogP contribution in [0.15, 0.2) is 47.5 Å². The monoisotopic (exact) mass is 454 g/mol. The number of rotatable bonds is 5. The van der Waals surface area contributed by atoms with Gasteiger partial charge in [0.05, 0.1) is 24.3 Å². The van der Waals surface area contributed by atoms with Gasteiger partial charge in [0.2, 0.25) is 0 Å². The fourth-order valence-corrected chi connectivity index (χ4v) is 1.99. The highest BCUT2D eigenvalue weighted by Crippen LogP contribution is 2.17. The summed E-state index contributed by atoms with van der Waals surface area (Å²) in [6, 6.07) is 13.4. The Hall–Kier alpha value is -2.34. The molecule has 2 aromatic rings. The van der Waals surface area contributed by atoms with Crippen molar-refractivity contribution in [2.75, 3.05) is 5.32 Å². The molecule has 2 aromatic carbocycles. The number of hydrogen-bond acceptors (Lipinski definition) is 3. The van der Waals surface area contributed by atoms with E-state index in [-0.39, 0.29) is 48.1 Å². The average Bonchev–Trinajstić information content (AvgIpc) is 2.55. The molecule has 25 heavy (non-hydrogen) atoms. The fraction of sp³-hybridized carbons (Fsp3) is 0.222. The van der Waals surface area contributed by atoms with Crippen LogP contribution in [0.5, 0.6) is 5.75 Å². The molecule has 0 aliphatic heterocycles. The Bertz CT molecular complexity index is 770. The lowest BCUT2D eigenvalue weighted by molar-refractivity contribution is 0.242. The smallest absolute Gasteiger partial charge is 0.193 e. The first kappa shape index (κ1) is 20.7. The van der Waals surface area contributed by atoms with E-state index in [2.05, 4.69) is 10.3 Å². The van der Waals surface area contributed by atoms with Crippen LogP contribution in [-0.4, -0.2) is 12.1 Å². The number of nitrogens with one attached hydrogen (secondary N) is 1. The summed E-state index contributed by atoms with van der Waals surface area (Å²) in [6.07, 6.45) is 0.109. The Labute approximate surface area is 163 Å². The maximum absolute atomic E-state index is 13.8. The van der Waals surface area contributed by atoms with E-state index in [1.165, 1.54) is 12.1 Å². The lowest BCUT2D eigenvalue weighted by atomic mass is 10.1. The van der Waals surface area contributed by atoms with Gasteiger partial charge < -0.3 is 15.8 Å². The van der Waals surface area contributed by atoms with Crippen LogP contribution in [0.4, 0.5) is 10.1 Å². The van der Waals surface area contributed by atoms with Gasteiger partial charge in [-0.2, -0.15) is 5.26 Å². The molecule has 0 aliphatic rings. The maximum Gasteiger partial charge on any atom is 0.193 e. The molecular weight excluding hydrogens is 434 g/mol. The van der Waals surface area contributed by atoms with Gasteiger partial charge in [-0.1, -0.05) is 6.07 Å². The minimum absolute atomic E-state index is 0. The van der Waals surface area contributed by atoms with Crippen LogP contribution in [0.25, 0.3) is 0 Å². The van der Waals surface area contributed by atoms with Gasteiger partial charge in [-0.15, -0.1) is 24.0 Å². The van der Waals surface area contributed by atoms with Crippen molar-refractivity contribution < 1.29 is 9.13 Å². The molecule has 5 nitrogen and oxygen atoms in total. The largest absolute Gasteiger partial charge is 0.491 e. The van der Waals surface area contributed by atoms with Crippen LogP contribution in [0, 0.1) is 17.1 Å². The molecule has 3 N–H and O–H groups in total. The number of guanidine groups is 1. The Morgan fingerprint density at radius 3 is 2.52 bits per heavy atom. The van der Waals surface area contributed by atoms with Crippen LogP contribution in [0.3, 0.4) is 0 Å². The van der Waals surface area contributed by atoms with Crippen LogP contribution in [-0.2, 0) is 6.54 Å². The van der Waals surface area contributed by atoms with Crippen molar-refractivity contribution in [1.29, 1.82) is 5.26 Å². The zero-order chi connectivity index (χ0) is 17.5. The first-order valence-electron chi connectivity index (χ1n) is 7.50. The Kier molecular flexibility index (Phi) is 8.15. The van der Waals surface area contributed by atoms with Crippen molar-refractivity contribution in [2.24, 2.45) is 10.7 Å². The number of nitrogens with zero attached hydrogens (tertiary/aromatic N) is 2. The molecule has 132 valence electrons. The molecule has 0 atom stereocenters. The third-order valence-electron chi connectivity index (χ3n) is 3.10. The number of ether oxygens (including phenoxy) is 1. The van der Waals surface area contributed by atoms with E-state index in [1.807, 2.05) is 44.2 Å². The van der Waals surface area contributed by atoms with Gasteiger partial charge in [0.1, 0.15) is 11.6 Å². The average molecular weight is 454 g/mol. The standard InChI is InChI=1S/C18H19FN4O.HI/c1-12(2)24-16-7-5-15(6-8-16)23-18(21)22-11-14-4-3-13(10-20)9-17(14)19;/h3-9,12H,11H2,1-2H3,(H3,21,22,23);1H. The highest BCUT2D eigenvalue weighted by molar-refractivity contribution is 14.0. The summed E-state index contributed by atoms with van der Waals surface area (Å²) in [7, 11) is 0. The summed E-state index contributed by atoms with van der Waals surface area (Å²) in [6.45, 7) is 4.00. The number of nitriles is 1. The zero-order valence-electron chi connectivity index (χ0n) is 14.0. The normalized spacial score (nSPS) is 10.8. The SMILES string of the molecule is CC(C)Oc1ccc(NC(N)=NCc2ccc(C#N)cc2F)cc1.I. The third kappa shape index (κ3) is 6.58. The molecule has 0 saturated heterocycles. The first-order valence-corrected chi connectivity index (χ1v) is 7.50. The Balaban J connectivity index is 0.00000312. The van der Waals surface area contributed by atoms with Crippen molar-refractivity contribution in [3.05, 3.63) is 59.4 Å². The summed E-state index contributed by atoms with van der Waals surface area (Å²) in [5.41, 5.74) is 7.22. The van der Waals surface area contributed by atoms with E-state index >= 15 is 0 Å². The van der Waals surface area contributed by atoms with Crippen molar-refractivity contribution in [2.45, 2.75) is 26.5 Å². The number of hydrogen-bond donors (Lipinski definition) is 2. The minimum Gasteiger partial charge on any atom is -0.491 e. The van der Waals surface area contributed by atoms with E-state index in [4.69, 9.17) is 15.7 Å². The van der Waals surface area contributed by atoms with Gasteiger partial charge in [0.25, 0.3) is 0 Å². The molecule has 0 bridgehead atoms. The molecule has 0 heterocycles. The summed E-state index contributed by atoms with van der Waals surface area (Å²) in [5.74, 6) is 0.475. The number of benzene rings is 2. The highest BCUT2D eigenvalue weighted by atomic mass is 127. The second-order valence-corrected chi connectivity index (χ2v) is 5.44. The zero-order valence-corrected chi connectivity index (χ0v) is 16.3. The number of halogens is 2. The predicted octanol–water partition coefficient (Wildman–Crippen LogP) is 4.03. The van der Waals surface area contributed by atoms with Gasteiger partial charge in [-0.3, -0.25) is 0 Å². The molecule has 0 radical (unpaired) electrons. The Morgan fingerprint density at radius 2 is 1.96 bits per heavy atom. The van der Waals surface area contributed by atoms with Crippen molar-refractivity contribution >= 4 is 35.6 Å². The summed E-state index contributed by atoms with van der Waals surface area (Å²) >= 11 is 0. The van der Waals surface area contributed by atoms with Gasteiger partial charge in [0, 0.05) is 11.3 Å². The lowest BCUT2D eigenvalue weighted by Gasteiger charge is -2.11. The van der Waals surface area contributed by atoms with Gasteiger partial charge in [0.15, 0.2) is 5.96 Å². The quantitative estimate of drug-likeness (QED) is 0.406. The van der Waals surface area contributed by atoms with Crippen molar-refractivity contribution in [3.8, 4) is 11.8 Å². The molecule has 2 rings (SSSR count). The van der Waals surface area contributed by atoms with Crippen LogP contribution < -0.4 is 15.8 Å². The highest BCUT2D eigenvalue weighted by Gasteiger charge is 2.04. The number of aliphatic imine (C=N–C) groups is 1. The first-order chi connectivity index (χ1) is 11.5.